The summed E-state index contributed by atoms with van der Waals surface area (Å²) in [7, 11) is -3.37. The van der Waals surface area contributed by atoms with Gasteiger partial charge in [0.25, 0.3) is 5.91 Å². The lowest BCUT2D eigenvalue weighted by Gasteiger charge is -2.34. The second kappa shape index (κ2) is 6.24. The smallest absolute Gasteiger partial charge is 0.251 e. The van der Waals surface area contributed by atoms with Crippen molar-refractivity contribution in [2.24, 2.45) is 0 Å². The van der Waals surface area contributed by atoms with E-state index in [1.54, 1.807) is 12.1 Å². The van der Waals surface area contributed by atoms with Gasteiger partial charge in [0.2, 0.25) is 10.0 Å². The van der Waals surface area contributed by atoms with Gasteiger partial charge >= 0.3 is 0 Å². The summed E-state index contributed by atoms with van der Waals surface area (Å²) in [4.78, 5) is 12.3. The number of benzene rings is 2. The van der Waals surface area contributed by atoms with E-state index in [9.17, 15) is 17.6 Å². The molecule has 7 heteroatoms. The molecule has 1 amide bonds. The summed E-state index contributed by atoms with van der Waals surface area (Å²) in [6, 6.07) is 12.1. The summed E-state index contributed by atoms with van der Waals surface area (Å²) >= 11 is 0. The molecule has 5 nitrogen and oxygen atoms in total. The first-order chi connectivity index (χ1) is 11.4. The second-order valence-electron chi connectivity index (χ2n) is 5.72. The average Bonchev–Trinajstić information content (AvgIpc) is 2.54. The number of carbonyl (C=O) groups is 1. The van der Waals surface area contributed by atoms with Crippen molar-refractivity contribution in [3.8, 4) is 0 Å². The molecule has 3 rings (SSSR count). The summed E-state index contributed by atoms with van der Waals surface area (Å²) in [6.07, 6.45) is 1.64. The molecule has 0 radical (unpaired) electrons. The molecule has 24 heavy (non-hydrogen) atoms. The largest absolute Gasteiger partial charge is 0.345 e. The molecule has 2 aromatic carbocycles. The van der Waals surface area contributed by atoms with Crippen molar-refractivity contribution < 1.29 is 17.6 Å². The number of para-hydroxylation sites is 1. The van der Waals surface area contributed by atoms with Crippen LogP contribution in [0.3, 0.4) is 0 Å². The van der Waals surface area contributed by atoms with Gasteiger partial charge in [0, 0.05) is 12.1 Å². The Morgan fingerprint density at radius 2 is 1.83 bits per heavy atom. The number of hydrogen-bond donors (Lipinski definition) is 1. The highest BCUT2D eigenvalue weighted by Crippen LogP contribution is 2.35. The Bertz CT molecular complexity index is 866. The molecule has 126 valence electrons. The molecule has 0 bridgehead atoms. The molecule has 1 unspecified atom stereocenters. The van der Waals surface area contributed by atoms with Crippen LogP contribution in [0.2, 0.25) is 0 Å². The van der Waals surface area contributed by atoms with Crippen molar-refractivity contribution >= 4 is 21.6 Å². The molecule has 2 aromatic rings. The van der Waals surface area contributed by atoms with Crippen LogP contribution in [0.25, 0.3) is 0 Å². The lowest BCUT2D eigenvalue weighted by molar-refractivity contribution is 0.0934. The molecule has 0 fully saturated rings. The van der Waals surface area contributed by atoms with Crippen LogP contribution in [-0.2, 0) is 10.0 Å². The first-order valence-corrected chi connectivity index (χ1v) is 9.34. The maximum absolute atomic E-state index is 13.0. The Labute approximate surface area is 140 Å². The molecule has 1 heterocycles. The van der Waals surface area contributed by atoms with E-state index in [2.05, 4.69) is 5.32 Å². The molecule has 0 aromatic heterocycles. The molecule has 0 spiro atoms. The zero-order valence-corrected chi connectivity index (χ0v) is 13.9. The Morgan fingerprint density at radius 3 is 2.50 bits per heavy atom. The SMILES string of the molecule is CS(=O)(=O)N1CCC(NC(=O)c2ccc(F)cc2)c2ccccc21. The van der Waals surface area contributed by atoms with Gasteiger partial charge in [0.15, 0.2) is 0 Å². The Kier molecular flexibility index (Phi) is 4.28. The van der Waals surface area contributed by atoms with Crippen LogP contribution in [0.4, 0.5) is 10.1 Å². The highest BCUT2D eigenvalue weighted by atomic mass is 32.2. The third kappa shape index (κ3) is 3.26. The van der Waals surface area contributed by atoms with Crippen molar-refractivity contribution in [2.45, 2.75) is 12.5 Å². The highest BCUT2D eigenvalue weighted by molar-refractivity contribution is 7.92. The van der Waals surface area contributed by atoms with E-state index in [0.29, 0.717) is 24.2 Å². The van der Waals surface area contributed by atoms with E-state index >= 15 is 0 Å². The van der Waals surface area contributed by atoms with Crippen molar-refractivity contribution in [1.82, 2.24) is 5.32 Å². The number of carbonyl (C=O) groups excluding carboxylic acids is 1. The molecular weight excluding hydrogens is 331 g/mol. The van der Waals surface area contributed by atoms with Crippen LogP contribution in [0.5, 0.6) is 0 Å². The van der Waals surface area contributed by atoms with Crippen LogP contribution in [-0.4, -0.2) is 27.1 Å². The maximum Gasteiger partial charge on any atom is 0.251 e. The lowest BCUT2D eigenvalue weighted by atomic mass is 9.97. The number of fused-ring (bicyclic) bond motifs is 1. The zero-order chi connectivity index (χ0) is 17.3. The van der Waals surface area contributed by atoms with E-state index in [4.69, 9.17) is 0 Å². The number of anilines is 1. The fourth-order valence-corrected chi connectivity index (χ4v) is 3.83. The van der Waals surface area contributed by atoms with Crippen LogP contribution in [0.15, 0.2) is 48.5 Å². The molecule has 1 aliphatic rings. The van der Waals surface area contributed by atoms with E-state index in [1.807, 2.05) is 12.1 Å². The van der Waals surface area contributed by atoms with E-state index in [0.717, 1.165) is 5.56 Å². The Balaban J connectivity index is 1.87. The van der Waals surface area contributed by atoms with Crippen molar-refractivity contribution in [3.05, 3.63) is 65.5 Å². The first kappa shape index (κ1) is 16.4. The summed E-state index contributed by atoms with van der Waals surface area (Å²) < 4.78 is 38.2. The van der Waals surface area contributed by atoms with Gasteiger partial charge < -0.3 is 5.32 Å². The predicted octanol–water partition coefficient (Wildman–Crippen LogP) is 2.47. The van der Waals surface area contributed by atoms with Gasteiger partial charge in [0.05, 0.1) is 18.0 Å². The number of rotatable bonds is 3. The van der Waals surface area contributed by atoms with Gasteiger partial charge in [-0.3, -0.25) is 9.10 Å². The summed E-state index contributed by atoms with van der Waals surface area (Å²) in [5.74, 6) is -0.721. The van der Waals surface area contributed by atoms with Crippen LogP contribution in [0, 0.1) is 5.82 Å². The maximum atomic E-state index is 13.0. The first-order valence-electron chi connectivity index (χ1n) is 7.49. The van der Waals surface area contributed by atoms with Crippen molar-refractivity contribution in [3.63, 3.8) is 0 Å². The third-order valence-corrected chi connectivity index (χ3v) is 5.19. The van der Waals surface area contributed by atoms with Gasteiger partial charge in [-0.15, -0.1) is 0 Å². The number of nitrogens with zero attached hydrogens (tertiary/aromatic N) is 1. The second-order valence-corrected chi connectivity index (χ2v) is 7.62. The summed E-state index contributed by atoms with van der Waals surface area (Å²) in [5, 5.41) is 2.90. The summed E-state index contributed by atoms with van der Waals surface area (Å²) in [6.45, 7) is 0.296. The molecule has 0 aliphatic carbocycles. The lowest BCUT2D eigenvalue weighted by Crippen LogP contribution is -2.40. The Morgan fingerprint density at radius 1 is 1.17 bits per heavy atom. The minimum Gasteiger partial charge on any atom is -0.345 e. The fourth-order valence-electron chi connectivity index (χ4n) is 2.87. The van der Waals surface area contributed by atoms with Crippen LogP contribution < -0.4 is 9.62 Å². The molecule has 1 N–H and O–H groups in total. The quantitative estimate of drug-likeness (QED) is 0.927. The predicted molar refractivity (Wildman–Crippen MR) is 89.9 cm³/mol. The number of hydrogen-bond acceptors (Lipinski definition) is 3. The van der Waals surface area contributed by atoms with E-state index in [-0.39, 0.29) is 11.9 Å². The zero-order valence-electron chi connectivity index (χ0n) is 13.1. The third-order valence-electron chi connectivity index (χ3n) is 4.01. The normalized spacial score (nSPS) is 17.2. The number of halogens is 1. The number of nitrogens with one attached hydrogen (secondary N) is 1. The molecule has 1 aliphatic heterocycles. The van der Waals surface area contributed by atoms with Crippen LogP contribution >= 0.6 is 0 Å². The molecular formula is C17H17FN2O3S. The van der Waals surface area contributed by atoms with Gasteiger partial charge in [-0.1, -0.05) is 18.2 Å². The molecule has 0 saturated carbocycles. The van der Waals surface area contributed by atoms with E-state index < -0.39 is 15.8 Å². The van der Waals surface area contributed by atoms with E-state index in [1.165, 1.54) is 34.8 Å². The number of amides is 1. The fraction of sp³-hybridized carbons (Fsp3) is 0.235. The number of sulfonamides is 1. The molecule has 1 atom stereocenters. The standard InChI is InChI=1S/C17H17FN2O3S/c1-24(22,23)20-11-10-15(14-4-2-3-5-16(14)20)19-17(21)12-6-8-13(18)9-7-12/h2-9,15H,10-11H2,1H3,(H,19,21). The molecule has 0 saturated heterocycles. The average molecular weight is 348 g/mol. The van der Waals surface area contributed by atoms with Crippen molar-refractivity contribution in [2.75, 3.05) is 17.1 Å². The Hall–Kier alpha value is -2.41. The van der Waals surface area contributed by atoms with Gasteiger partial charge in [-0.2, -0.15) is 0 Å². The highest BCUT2D eigenvalue weighted by Gasteiger charge is 2.30. The topological polar surface area (TPSA) is 66.5 Å². The van der Waals surface area contributed by atoms with Gasteiger partial charge in [-0.25, -0.2) is 12.8 Å². The minimum atomic E-state index is -3.37. The minimum absolute atomic E-state index is 0.295. The monoisotopic (exact) mass is 348 g/mol. The van der Waals surface area contributed by atoms with Crippen LogP contribution in [0.1, 0.15) is 28.4 Å². The van der Waals surface area contributed by atoms with Gasteiger partial charge in [-0.05, 0) is 42.3 Å². The van der Waals surface area contributed by atoms with Crippen molar-refractivity contribution in [1.29, 1.82) is 0 Å². The summed E-state index contributed by atoms with van der Waals surface area (Å²) in [5.41, 5.74) is 1.69. The van der Waals surface area contributed by atoms with Gasteiger partial charge in [0.1, 0.15) is 5.82 Å².